The number of aromatic nitrogens is 2. The summed E-state index contributed by atoms with van der Waals surface area (Å²) in [6, 6.07) is 15.3. The van der Waals surface area contributed by atoms with E-state index < -0.39 is 5.97 Å². The molecule has 0 aliphatic carbocycles. The second-order valence-corrected chi connectivity index (χ2v) is 9.28. The number of pyridine rings is 2. The lowest BCUT2D eigenvalue weighted by molar-refractivity contribution is 0.0684. The number of fused-ring (bicyclic) bond motifs is 1. The van der Waals surface area contributed by atoms with E-state index in [4.69, 9.17) is 18.9 Å². The van der Waals surface area contributed by atoms with Crippen LogP contribution in [-0.2, 0) is 13.2 Å². The van der Waals surface area contributed by atoms with Crippen molar-refractivity contribution in [2.24, 2.45) is 0 Å². The molecular formula is C28H23BrN2O6. The van der Waals surface area contributed by atoms with E-state index in [1.807, 2.05) is 43.3 Å². The van der Waals surface area contributed by atoms with Crippen LogP contribution in [0.2, 0.25) is 0 Å². The van der Waals surface area contributed by atoms with Crippen molar-refractivity contribution in [1.82, 2.24) is 9.97 Å². The number of carbonyl (C=O) groups is 1. The fraction of sp³-hybridized carbons (Fsp3) is 0.179. The number of benzene rings is 2. The van der Waals surface area contributed by atoms with Crippen LogP contribution in [0.25, 0.3) is 11.1 Å². The summed E-state index contributed by atoms with van der Waals surface area (Å²) < 4.78 is 23.9. The Morgan fingerprint density at radius 1 is 1.00 bits per heavy atom. The first-order chi connectivity index (χ1) is 18.0. The van der Waals surface area contributed by atoms with Gasteiger partial charge in [0.1, 0.15) is 32.2 Å². The molecule has 188 valence electrons. The maximum absolute atomic E-state index is 11.7. The zero-order chi connectivity index (χ0) is 25.8. The minimum Gasteiger partial charge on any atom is -0.487 e. The van der Waals surface area contributed by atoms with Crippen LogP contribution in [0.15, 0.2) is 71.6 Å². The summed E-state index contributed by atoms with van der Waals surface area (Å²) in [6.45, 7) is 3.52. The van der Waals surface area contributed by atoms with Gasteiger partial charge in [0, 0.05) is 28.5 Å². The van der Waals surface area contributed by atoms with Gasteiger partial charge in [-0.15, -0.1) is 0 Å². The summed E-state index contributed by atoms with van der Waals surface area (Å²) in [4.78, 5) is 19.8. The van der Waals surface area contributed by atoms with Gasteiger partial charge in [-0.05, 0) is 63.3 Å². The second-order valence-electron chi connectivity index (χ2n) is 8.36. The van der Waals surface area contributed by atoms with E-state index >= 15 is 0 Å². The Morgan fingerprint density at radius 3 is 2.65 bits per heavy atom. The van der Waals surface area contributed by atoms with Crippen LogP contribution in [0.4, 0.5) is 0 Å². The molecule has 2 aromatic carbocycles. The van der Waals surface area contributed by atoms with Gasteiger partial charge in [-0.1, -0.05) is 24.3 Å². The van der Waals surface area contributed by atoms with E-state index in [1.54, 1.807) is 18.5 Å². The molecule has 1 aliphatic rings. The number of carboxylic acids is 1. The van der Waals surface area contributed by atoms with Gasteiger partial charge in [0.25, 0.3) is 0 Å². The predicted molar refractivity (Wildman–Crippen MR) is 139 cm³/mol. The number of rotatable bonds is 8. The van der Waals surface area contributed by atoms with Gasteiger partial charge in [-0.2, -0.15) is 0 Å². The molecule has 37 heavy (non-hydrogen) atoms. The smallest absolute Gasteiger partial charge is 0.358 e. The molecule has 0 bridgehead atoms. The van der Waals surface area contributed by atoms with Crippen molar-refractivity contribution >= 4 is 21.9 Å². The molecule has 9 heteroatoms. The van der Waals surface area contributed by atoms with Crippen molar-refractivity contribution in [3.05, 3.63) is 94.0 Å². The van der Waals surface area contributed by atoms with Crippen molar-refractivity contribution in [3.8, 4) is 34.1 Å². The Kier molecular flexibility index (Phi) is 7.23. The van der Waals surface area contributed by atoms with Gasteiger partial charge in [0.05, 0.1) is 6.20 Å². The van der Waals surface area contributed by atoms with E-state index in [2.05, 4.69) is 32.0 Å². The Balaban J connectivity index is 1.33. The molecule has 4 aromatic rings. The second kappa shape index (κ2) is 10.9. The molecular weight excluding hydrogens is 540 g/mol. The first-order valence-electron chi connectivity index (χ1n) is 11.5. The fourth-order valence-electron chi connectivity index (χ4n) is 4.00. The molecule has 0 saturated carbocycles. The number of aromatic carboxylic acids is 1. The Bertz CT molecular complexity index is 1460. The molecule has 0 unspecified atom stereocenters. The lowest BCUT2D eigenvalue weighted by Crippen LogP contribution is -2.15. The summed E-state index contributed by atoms with van der Waals surface area (Å²) in [5.74, 6) is 0.819. The highest BCUT2D eigenvalue weighted by Gasteiger charge is 2.17. The minimum absolute atomic E-state index is 0.117. The Morgan fingerprint density at radius 2 is 1.84 bits per heavy atom. The molecule has 0 saturated heterocycles. The van der Waals surface area contributed by atoms with E-state index in [1.165, 1.54) is 6.20 Å². The lowest BCUT2D eigenvalue weighted by Gasteiger charge is -2.20. The number of carboxylic acid groups (broad SMARTS) is 1. The molecule has 0 radical (unpaired) electrons. The van der Waals surface area contributed by atoms with Gasteiger partial charge >= 0.3 is 5.97 Å². The quantitative estimate of drug-likeness (QED) is 0.286. The van der Waals surface area contributed by atoms with Crippen LogP contribution >= 0.6 is 15.9 Å². The minimum atomic E-state index is -1.18. The normalized spacial score (nSPS) is 12.2. The number of hydrogen-bond acceptors (Lipinski definition) is 7. The summed E-state index contributed by atoms with van der Waals surface area (Å²) in [6.07, 6.45) is 4.69. The lowest BCUT2D eigenvalue weighted by atomic mass is 9.96. The standard InChI is InChI=1S/C28H23BrN2O6/c1-17-20(3-2-4-23(17)19-5-6-24-25(10-19)35-8-7-34-24)16-36-22-11-26(27(28(32)33)31-14-22)37-15-18-9-21(29)13-30-12-18/h2-6,9-14H,7-8,15-16H2,1H3,(H,32,33). The topological polar surface area (TPSA) is 100 Å². The van der Waals surface area contributed by atoms with Crippen LogP contribution in [0.3, 0.4) is 0 Å². The van der Waals surface area contributed by atoms with Gasteiger partial charge in [-0.25, -0.2) is 9.78 Å². The van der Waals surface area contributed by atoms with Crippen molar-refractivity contribution in [3.63, 3.8) is 0 Å². The van der Waals surface area contributed by atoms with E-state index in [0.717, 1.165) is 43.8 Å². The van der Waals surface area contributed by atoms with Crippen LogP contribution in [0.5, 0.6) is 23.0 Å². The highest BCUT2D eigenvalue weighted by molar-refractivity contribution is 9.10. The van der Waals surface area contributed by atoms with Gasteiger partial charge in [-0.3, -0.25) is 4.98 Å². The summed E-state index contributed by atoms with van der Waals surface area (Å²) in [7, 11) is 0. The molecule has 0 atom stereocenters. The van der Waals surface area contributed by atoms with Crippen molar-refractivity contribution in [2.45, 2.75) is 20.1 Å². The Labute approximate surface area is 222 Å². The van der Waals surface area contributed by atoms with Crippen molar-refractivity contribution < 1.29 is 28.8 Å². The summed E-state index contributed by atoms with van der Waals surface area (Å²) in [5.41, 5.74) is 4.72. The maximum atomic E-state index is 11.7. The molecule has 5 rings (SSSR count). The first-order valence-corrected chi connectivity index (χ1v) is 12.3. The van der Waals surface area contributed by atoms with Gasteiger partial charge in [0.15, 0.2) is 22.9 Å². The van der Waals surface area contributed by atoms with Crippen LogP contribution < -0.4 is 18.9 Å². The van der Waals surface area contributed by atoms with Crippen LogP contribution in [0.1, 0.15) is 27.2 Å². The third-order valence-electron chi connectivity index (χ3n) is 5.88. The van der Waals surface area contributed by atoms with E-state index in [-0.39, 0.29) is 24.7 Å². The third kappa shape index (κ3) is 5.67. The fourth-order valence-corrected chi connectivity index (χ4v) is 4.41. The van der Waals surface area contributed by atoms with Gasteiger partial charge < -0.3 is 24.1 Å². The summed E-state index contributed by atoms with van der Waals surface area (Å²) >= 11 is 3.37. The molecule has 3 heterocycles. The van der Waals surface area contributed by atoms with Crippen molar-refractivity contribution in [2.75, 3.05) is 13.2 Å². The van der Waals surface area contributed by atoms with Crippen LogP contribution in [-0.4, -0.2) is 34.3 Å². The molecule has 1 aliphatic heterocycles. The molecule has 2 aromatic heterocycles. The molecule has 0 fully saturated rings. The third-order valence-corrected chi connectivity index (χ3v) is 6.31. The Hall–Kier alpha value is -4.11. The number of halogens is 1. The first kappa shape index (κ1) is 24.6. The molecule has 1 N–H and O–H groups in total. The average molecular weight is 563 g/mol. The predicted octanol–water partition coefficient (Wildman–Crippen LogP) is 5.84. The highest BCUT2D eigenvalue weighted by atomic mass is 79.9. The zero-order valence-corrected chi connectivity index (χ0v) is 21.5. The maximum Gasteiger partial charge on any atom is 0.358 e. The number of ether oxygens (including phenoxy) is 4. The monoisotopic (exact) mass is 562 g/mol. The van der Waals surface area contributed by atoms with E-state index in [9.17, 15) is 9.90 Å². The number of nitrogens with zero attached hydrogens (tertiary/aromatic N) is 2. The average Bonchev–Trinajstić information content (AvgIpc) is 2.91. The largest absolute Gasteiger partial charge is 0.487 e. The molecule has 0 spiro atoms. The van der Waals surface area contributed by atoms with E-state index in [0.29, 0.717) is 19.0 Å². The SMILES string of the molecule is Cc1c(COc2cnc(C(=O)O)c(OCc3cncc(Br)c3)c2)cccc1-c1ccc2c(c1)OCCO2. The molecule has 8 nitrogen and oxygen atoms in total. The highest BCUT2D eigenvalue weighted by Crippen LogP contribution is 2.36. The van der Waals surface area contributed by atoms with Crippen molar-refractivity contribution in [1.29, 1.82) is 0 Å². The molecule has 0 amide bonds. The summed E-state index contributed by atoms with van der Waals surface area (Å²) in [5, 5.41) is 9.53. The van der Waals surface area contributed by atoms with Gasteiger partial charge in [0.2, 0.25) is 0 Å². The zero-order valence-electron chi connectivity index (χ0n) is 19.9. The number of hydrogen-bond donors (Lipinski definition) is 1. The van der Waals surface area contributed by atoms with Crippen LogP contribution in [0, 0.1) is 6.92 Å².